The van der Waals surface area contributed by atoms with E-state index in [1.807, 2.05) is 0 Å². The molecular formula is C10H14N4O. The number of anilines is 1. The Bertz CT molecular complexity index is 431. The maximum atomic E-state index is 11.1. The van der Waals surface area contributed by atoms with Gasteiger partial charge < -0.3 is 15.6 Å². The second kappa shape index (κ2) is 2.82. The molecule has 0 spiro atoms. The molecule has 1 aliphatic heterocycles. The van der Waals surface area contributed by atoms with Gasteiger partial charge in [-0.3, -0.25) is 4.79 Å². The standard InChI is InChI=1S/C10H14N4O/c11-10(7-1-2-7)4-14(5-10)8-3-9(15)13-6-12-8/h3,6-7H,1-2,4-5,11H2,(H,12,13,15). The fraction of sp³-hybridized carbons (Fsp3) is 0.600. The quantitative estimate of drug-likeness (QED) is 0.696. The van der Waals surface area contributed by atoms with Gasteiger partial charge in [-0.15, -0.1) is 0 Å². The minimum Gasteiger partial charge on any atom is -0.353 e. The van der Waals surface area contributed by atoms with Crippen molar-refractivity contribution in [2.24, 2.45) is 11.7 Å². The molecule has 80 valence electrons. The van der Waals surface area contributed by atoms with E-state index in [-0.39, 0.29) is 11.1 Å². The van der Waals surface area contributed by atoms with Crippen LogP contribution in [0.3, 0.4) is 0 Å². The van der Waals surface area contributed by atoms with Crippen molar-refractivity contribution in [2.75, 3.05) is 18.0 Å². The van der Waals surface area contributed by atoms with E-state index in [0.29, 0.717) is 5.92 Å². The second-order valence-electron chi connectivity index (χ2n) is 4.63. The molecule has 0 radical (unpaired) electrons. The zero-order valence-corrected chi connectivity index (χ0v) is 8.44. The lowest BCUT2D eigenvalue weighted by Crippen LogP contribution is -2.69. The van der Waals surface area contributed by atoms with Crippen LogP contribution in [-0.2, 0) is 0 Å². The first-order chi connectivity index (χ1) is 7.17. The smallest absolute Gasteiger partial charge is 0.252 e. The van der Waals surface area contributed by atoms with Crippen LogP contribution in [0.5, 0.6) is 0 Å². The Morgan fingerprint density at radius 2 is 2.27 bits per heavy atom. The monoisotopic (exact) mass is 206 g/mol. The largest absolute Gasteiger partial charge is 0.353 e. The first-order valence-electron chi connectivity index (χ1n) is 5.26. The summed E-state index contributed by atoms with van der Waals surface area (Å²) < 4.78 is 0. The first-order valence-corrected chi connectivity index (χ1v) is 5.26. The molecule has 0 unspecified atom stereocenters. The summed E-state index contributed by atoms with van der Waals surface area (Å²) in [4.78, 5) is 19.8. The number of hydrogen-bond donors (Lipinski definition) is 2. The zero-order valence-electron chi connectivity index (χ0n) is 8.44. The summed E-state index contributed by atoms with van der Waals surface area (Å²) in [6.07, 6.45) is 3.95. The molecule has 1 aromatic heterocycles. The lowest BCUT2D eigenvalue weighted by atomic mass is 9.86. The normalized spacial score (nSPS) is 23.7. The van der Waals surface area contributed by atoms with E-state index in [0.717, 1.165) is 18.9 Å². The van der Waals surface area contributed by atoms with Gasteiger partial charge >= 0.3 is 0 Å². The SMILES string of the molecule is NC1(C2CC2)CN(c2cc(=O)[nH]cn2)C1. The first kappa shape index (κ1) is 8.91. The van der Waals surface area contributed by atoms with Gasteiger partial charge in [0.1, 0.15) is 5.82 Å². The summed E-state index contributed by atoms with van der Waals surface area (Å²) in [6.45, 7) is 1.65. The summed E-state index contributed by atoms with van der Waals surface area (Å²) in [5.74, 6) is 1.43. The number of aromatic amines is 1. The van der Waals surface area contributed by atoms with Crippen LogP contribution >= 0.6 is 0 Å². The number of rotatable bonds is 2. The number of hydrogen-bond acceptors (Lipinski definition) is 4. The number of nitrogens with zero attached hydrogens (tertiary/aromatic N) is 2. The van der Waals surface area contributed by atoms with Gasteiger partial charge in [0.15, 0.2) is 0 Å². The molecule has 1 saturated heterocycles. The van der Waals surface area contributed by atoms with E-state index in [2.05, 4.69) is 14.9 Å². The van der Waals surface area contributed by atoms with Crippen molar-refractivity contribution >= 4 is 5.82 Å². The molecule has 3 N–H and O–H groups in total. The van der Waals surface area contributed by atoms with Gasteiger partial charge in [0.2, 0.25) is 0 Å². The molecule has 1 aromatic rings. The van der Waals surface area contributed by atoms with E-state index in [4.69, 9.17) is 5.73 Å². The van der Waals surface area contributed by atoms with Crippen LogP contribution in [0, 0.1) is 5.92 Å². The third-order valence-electron chi connectivity index (χ3n) is 3.35. The highest BCUT2D eigenvalue weighted by Gasteiger charge is 2.50. The Hall–Kier alpha value is -1.36. The van der Waals surface area contributed by atoms with Crippen LogP contribution in [0.1, 0.15) is 12.8 Å². The molecule has 2 aliphatic rings. The molecule has 15 heavy (non-hydrogen) atoms. The number of H-pyrrole nitrogens is 1. The zero-order chi connectivity index (χ0) is 10.5. The number of aromatic nitrogens is 2. The van der Waals surface area contributed by atoms with E-state index >= 15 is 0 Å². The van der Waals surface area contributed by atoms with Crippen molar-refractivity contribution in [2.45, 2.75) is 18.4 Å². The fourth-order valence-electron chi connectivity index (χ4n) is 2.27. The average Bonchev–Trinajstić information content (AvgIpc) is 2.96. The van der Waals surface area contributed by atoms with Crippen LogP contribution < -0.4 is 16.2 Å². The molecule has 0 aromatic carbocycles. The molecule has 2 fully saturated rings. The highest BCUT2D eigenvalue weighted by molar-refractivity contribution is 5.44. The number of nitrogens with two attached hydrogens (primary N) is 1. The third kappa shape index (κ3) is 1.43. The fourth-order valence-corrected chi connectivity index (χ4v) is 2.27. The molecule has 5 heteroatoms. The Morgan fingerprint density at radius 1 is 1.53 bits per heavy atom. The lowest BCUT2D eigenvalue weighted by Gasteiger charge is -2.48. The van der Waals surface area contributed by atoms with Crippen molar-refractivity contribution in [3.05, 3.63) is 22.7 Å². The summed E-state index contributed by atoms with van der Waals surface area (Å²) in [5.41, 5.74) is 6.08. The molecule has 1 saturated carbocycles. The molecule has 2 heterocycles. The summed E-state index contributed by atoms with van der Waals surface area (Å²) in [5, 5.41) is 0. The minimum atomic E-state index is -0.110. The maximum Gasteiger partial charge on any atom is 0.252 e. The Balaban J connectivity index is 1.74. The van der Waals surface area contributed by atoms with E-state index in [1.165, 1.54) is 25.2 Å². The van der Waals surface area contributed by atoms with Gasteiger partial charge in [0.25, 0.3) is 5.56 Å². The molecule has 0 bridgehead atoms. The maximum absolute atomic E-state index is 11.1. The van der Waals surface area contributed by atoms with E-state index in [1.54, 1.807) is 0 Å². The van der Waals surface area contributed by atoms with Crippen molar-refractivity contribution < 1.29 is 0 Å². The van der Waals surface area contributed by atoms with Gasteiger partial charge in [-0.2, -0.15) is 0 Å². The number of nitrogens with one attached hydrogen (secondary N) is 1. The van der Waals surface area contributed by atoms with Crippen LogP contribution in [0.2, 0.25) is 0 Å². The van der Waals surface area contributed by atoms with Gasteiger partial charge in [0.05, 0.1) is 11.9 Å². The molecule has 1 aliphatic carbocycles. The lowest BCUT2D eigenvalue weighted by molar-refractivity contribution is 0.289. The van der Waals surface area contributed by atoms with Crippen molar-refractivity contribution in [1.29, 1.82) is 0 Å². The third-order valence-corrected chi connectivity index (χ3v) is 3.35. The van der Waals surface area contributed by atoms with Gasteiger partial charge in [-0.25, -0.2) is 4.98 Å². The van der Waals surface area contributed by atoms with Gasteiger partial charge in [0, 0.05) is 19.2 Å². The second-order valence-corrected chi connectivity index (χ2v) is 4.63. The van der Waals surface area contributed by atoms with Crippen LogP contribution in [0.4, 0.5) is 5.82 Å². The van der Waals surface area contributed by atoms with Crippen molar-refractivity contribution in [3.8, 4) is 0 Å². The predicted molar refractivity (Wildman–Crippen MR) is 56.7 cm³/mol. The average molecular weight is 206 g/mol. The van der Waals surface area contributed by atoms with Crippen LogP contribution in [0.15, 0.2) is 17.2 Å². The van der Waals surface area contributed by atoms with Crippen LogP contribution in [0.25, 0.3) is 0 Å². The highest BCUT2D eigenvalue weighted by atomic mass is 16.1. The van der Waals surface area contributed by atoms with Crippen LogP contribution in [-0.4, -0.2) is 28.6 Å². The van der Waals surface area contributed by atoms with Crippen molar-refractivity contribution in [1.82, 2.24) is 9.97 Å². The predicted octanol–water partition coefficient (Wildman–Crippen LogP) is -0.303. The summed E-state index contributed by atoms with van der Waals surface area (Å²) in [7, 11) is 0. The summed E-state index contributed by atoms with van der Waals surface area (Å²) >= 11 is 0. The Morgan fingerprint density at radius 3 is 2.87 bits per heavy atom. The topological polar surface area (TPSA) is 75.0 Å². The van der Waals surface area contributed by atoms with Gasteiger partial charge in [-0.1, -0.05) is 0 Å². The molecule has 3 rings (SSSR count). The minimum absolute atomic E-state index is 0.0235. The molecule has 5 nitrogen and oxygen atoms in total. The highest BCUT2D eigenvalue weighted by Crippen LogP contribution is 2.43. The Labute approximate surface area is 87.3 Å². The Kier molecular flexibility index (Phi) is 1.68. The molecular weight excluding hydrogens is 192 g/mol. The van der Waals surface area contributed by atoms with E-state index in [9.17, 15) is 4.79 Å². The summed E-state index contributed by atoms with van der Waals surface area (Å²) in [6, 6.07) is 1.52. The molecule has 0 atom stereocenters. The van der Waals surface area contributed by atoms with Gasteiger partial charge in [-0.05, 0) is 18.8 Å². The molecule has 0 amide bonds. The van der Waals surface area contributed by atoms with E-state index < -0.39 is 0 Å². The van der Waals surface area contributed by atoms with Crippen molar-refractivity contribution in [3.63, 3.8) is 0 Å².